The van der Waals surface area contributed by atoms with Crippen LogP contribution in [0.1, 0.15) is 12.8 Å². The molecular formula is C10H20N2O. The first kappa shape index (κ1) is 9.44. The van der Waals surface area contributed by atoms with Gasteiger partial charge < -0.3 is 10.0 Å². The third-order valence-corrected chi connectivity index (χ3v) is 3.47. The lowest BCUT2D eigenvalue weighted by atomic mass is 9.80. The minimum atomic E-state index is -0.0788. The molecule has 3 fully saturated rings. The van der Waals surface area contributed by atoms with Crippen molar-refractivity contribution in [1.29, 1.82) is 0 Å². The lowest BCUT2D eigenvalue weighted by molar-refractivity contribution is -0.0782. The summed E-state index contributed by atoms with van der Waals surface area (Å²) in [5.41, 5.74) is 0. The van der Waals surface area contributed by atoms with E-state index in [2.05, 4.69) is 23.9 Å². The molecule has 3 nitrogen and oxygen atoms in total. The normalized spacial score (nSPS) is 44.3. The SMILES string of the molecule is CN(C)C[C@H]1[C@H](O)C2CCN1CC2. The molecule has 3 rings (SSSR count). The molecule has 2 bridgehead atoms. The van der Waals surface area contributed by atoms with Crippen molar-refractivity contribution in [2.75, 3.05) is 33.7 Å². The Hall–Kier alpha value is -0.120. The predicted molar refractivity (Wildman–Crippen MR) is 52.6 cm³/mol. The van der Waals surface area contributed by atoms with Gasteiger partial charge in [0.15, 0.2) is 0 Å². The molecule has 0 radical (unpaired) electrons. The van der Waals surface area contributed by atoms with Crippen molar-refractivity contribution < 1.29 is 5.11 Å². The van der Waals surface area contributed by atoms with E-state index < -0.39 is 0 Å². The smallest absolute Gasteiger partial charge is 0.0736 e. The molecule has 0 unspecified atom stereocenters. The van der Waals surface area contributed by atoms with Gasteiger partial charge in [-0.15, -0.1) is 0 Å². The lowest BCUT2D eigenvalue weighted by Gasteiger charge is -2.49. The molecule has 2 atom stereocenters. The first-order valence-corrected chi connectivity index (χ1v) is 5.25. The van der Waals surface area contributed by atoms with Crippen molar-refractivity contribution in [3.63, 3.8) is 0 Å². The average molecular weight is 184 g/mol. The number of rotatable bonds is 2. The summed E-state index contributed by atoms with van der Waals surface area (Å²) in [6.07, 6.45) is 2.32. The van der Waals surface area contributed by atoms with Gasteiger partial charge in [0.1, 0.15) is 0 Å². The fourth-order valence-corrected chi connectivity index (χ4v) is 2.72. The maximum Gasteiger partial charge on any atom is 0.0736 e. The van der Waals surface area contributed by atoms with Gasteiger partial charge in [0.2, 0.25) is 0 Å². The second-order valence-electron chi connectivity index (χ2n) is 4.69. The van der Waals surface area contributed by atoms with Crippen LogP contribution in [0.3, 0.4) is 0 Å². The first-order valence-electron chi connectivity index (χ1n) is 5.25. The molecule has 3 aliphatic heterocycles. The van der Waals surface area contributed by atoms with Crippen molar-refractivity contribution in [3.05, 3.63) is 0 Å². The number of likely N-dealkylation sites (N-methyl/N-ethyl adjacent to an activating group) is 1. The van der Waals surface area contributed by atoms with Crippen LogP contribution in [0.5, 0.6) is 0 Å². The number of piperidine rings is 3. The van der Waals surface area contributed by atoms with E-state index in [0.29, 0.717) is 12.0 Å². The van der Waals surface area contributed by atoms with Gasteiger partial charge in [-0.2, -0.15) is 0 Å². The molecule has 13 heavy (non-hydrogen) atoms. The quantitative estimate of drug-likeness (QED) is 0.654. The summed E-state index contributed by atoms with van der Waals surface area (Å²) in [7, 11) is 4.16. The van der Waals surface area contributed by atoms with E-state index >= 15 is 0 Å². The molecule has 3 aliphatic rings. The Morgan fingerprint density at radius 3 is 2.38 bits per heavy atom. The van der Waals surface area contributed by atoms with Crippen LogP contribution in [0, 0.1) is 5.92 Å². The maximum atomic E-state index is 10.0. The van der Waals surface area contributed by atoms with Gasteiger partial charge in [0, 0.05) is 12.6 Å². The van der Waals surface area contributed by atoms with Gasteiger partial charge in [-0.1, -0.05) is 0 Å². The van der Waals surface area contributed by atoms with Crippen molar-refractivity contribution >= 4 is 0 Å². The van der Waals surface area contributed by atoms with Gasteiger partial charge >= 0.3 is 0 Å². The Labute approximate surface area is 80.3 Å². The van der Waals surface area contributed by atoms with E-state index in [4.69, 9.17) is 0 Å². The Morgan fingerprint density at radius 1 is 1.31 bits per heavy atom. The zero-order valence-corrected chi connectivity index (χ0v) is 8.61. The third-order valence-electron chi connectivity index (χ3n) is 3.47. The molecule has 0 amide bonds. The summed E-state index contributed by atoms with van der Waals surface area (Å²) >= 11 is 0. The lowest BCUT2D eigenvalue weighted by Crippen LogP contribution is -2.60. The minimum Gasteiger partial charge on any atom is -0.391 e. The summed E-state index contributed by atoms with van der Waals surface area (Å²) in [5, 5.41) is 10.0. The topological polar surface area (TPSA) is 26.7 Å². The fraction of sp³-hybridized carbons (Fsp3) is 1.00. The highest BCUT2D eigenvalue weighted by Crippen LogP contribution is 2.32. The van der Waals surface area contributed by atoms with Crippen LogP contribution >= 0.6 is 0 Å². The Balaban J connectivity index is 2.01. The van der Waals surface area contributed by atoms with Crippen molar-refractivity contribution in [1.82, 2.24) is 9.80 Å². The van der Waals surface area contributed by atoms with Gasteiger partial charge in [-0.05, 0) is 45.9 Å². The van der Waals surface area contributed by atoms with Crippen molar-refractivity contribution in [3.8, 4) is 0 Å². The molecule has 0 aromatic carbocycles. The third kappa shape index (κ3) is 1.73. The largest absolute Gasteiger partial charge is 0.391 e. The summed E-state index contributed by atoms with van der Waals surface area (Å²) < 4.78 is 0. The van der Waals surface area contributed by atoms with Crippen LogP contribution in [-0.2, 0) is 0 Å². The molecule has 1 N–H and O–H groups in total. The Bertz CT molecular complexity index is 174. The van der Waals surface area contributed by atoms with E-state index in [9.17, 15) is 5.11 Å². The standard InChI is InChI=1S/C10H20N2O/c1-11(2)7-9-10(13)8-3-5-12(9)6-4-8/h8-10,13H,3-7H2,1-2H3/t9-,10+/m0/s1. The molecule has 3 heterocycles. The van der Waals surface area contributed by atoms with E-state index in [0.717, 1.165) is 6.54 Å². The summed E-state index contributed by atoms with van der Waals surface area (Å²) in [4.78, 5) is 4.62. The first-order chi connectivity index (χ1) is 6.18. The van der Waals surface area contributed by atoms with Crippen LogP contribution < -0.4 is 0 Å². The molecule has 0 aromatic rings. The van der Waals surface area contributed by atoms with E-state index in [1.54, 1.807) is 0 Å². The number of nitrogens with zero attached hydrogens (tertiary/aromatic N) is 2. The molecule has 0 aromatic heterocycles. The molecule has 76 valence electrons. The second kappa shape index (κ2) is 3.56. The van der Waals surface area contributed by atoms with Gasteiger partial charge in [-0.3, -0.25) is 4.90 Å². The highest BCUT2D eigenvalue weighted by Gasteiger charge is 2.40. The van der Waals surface area contributed by atoms with Crippen molar-refractivity contribution in [2.24, 2.45) is 5.92 Å². The molecule has 0 saturated carbocycles. The van der Waals surface area contributed by atoms with Crippen LogP contribution in [-0.4, -0.2) is 60.8 Å². The summed E-state index contributed by atoms with van der Waals surface area (Å²) in [6, 6.07) is 0.391. The number of hydrogen-bond acceptors (Lipinski definition) is 3. The molecule has 0 aliphatic carbocycles. The average Bonchev–Trinajstić information content (AvgIpc) is 2.11. The Kier molecular flexibility index (Phi) is 2.58. The van der Waals surface area contributed by atoms with Gasteiger partial charge in [0.25, 0.3) is 0 Å². The fourth-order valence-electron chi connectivity index (χ4n) is 2.72. The minimum absolute atomic E-state index is 0.0788. The van der Waals surface area contributed by atoms with E-state index in [1.807, 2.05) is 0 Å². The van der Waals surface area contributed by atoms with E-state index in [-0.39, 0.29) is 6.10 Å². The van der Waals surface area contributed by atoms with Crippen LogP contribution in [0.4, 0.5) is 0 Å². The monoisotopic (exact) mass is 184 g/mol. The highest BCUT2D eigenvalue weighted by atomic mass is 16.3. The summed E-state index contributed by atoms with van der Waals surface area (Å²) in [6.45, 7) is 3.39. The van der Waals surface area contributed by atoms with Crippen molar-refractivity contribution in [2.45, 2.75) is 25.0 Å². The second-order valence-corrected chi connectivity index (χ2v) is 4.69. The number of aliphatic hydroxyl groups is 1. The molecule has 0 spiro atoms. The van der Waals surface area contributed by atoms with Gasteiger partial charge in [-0.25, -0.2) is 0 Å². The Morgan fingerprint density at radius 2 is 1.92 bits per heavy atom. The highest BCUT2D eigenvalue weighted by molar-refractivity contribution is 4.95. The number of aliphatic hydroxyl groups excluding tert-OH is 1. The zero-order valence-electron chi connectivity index (χ0n) is 8.61. The number of fused-ring (bicyclic) bond motifs is 3. The van der Waals surface area contributed by atoms with Crippen LogP contribution in [0.2, 0.25) is 0 Å². The van der Waals surface area contributed by atoms with Crippen LogP contribution in [0.25, 0.3) is 0 Å². The van der Waals surface area contributed by atoms with Crippen LogP contribution in [0.15, 0.2) is 0 Å². The number of hydrogen-bond donors (Lipinski definition) is 1. The molecule has 3 heteroatoms. The maximum absolute atomic E-state index is 10.0. The van der Waals surface area contributed by atoms with E-state index in [1.165, 1.54) is 25.9 Å². The molecular weight excluding hydrogens is 164 g/mol. The zero-order chi connectivity index (χ0) is 9.42. The summed E-state index contributed by atoms with van der Waals surface area (Å²) in [5.74, 6) is 0.579. The predicted octanol–water partition coefficient (Wildman–Crippen LogP) is 0.00310. The molecule has 3 saturated heterocycles. The van der Waals surface area contributed by atoms with Gasteiger partial charge in [0.05, 0.1) is 6.10 Å².